The molecule has 3 heterocycles. The fourth-order valence-electron chi connectivity index (χ4n) is 4.47. The number of hydrogen-bond donors (Lipinski definition) is 1. The van der Waals surface area contributed by atoms with Gasteiger partial charge in [-0.1, -0.05) is 48.5 Å². The molecule has 0 aliphatic heterocycles. The summed E-state index contributed by atoms with van der Waals surface area (Å²) in [6.07, 6.45) is 0. The predicted octanol–water partition coefficient (Wildman–Crippen LogP) is 6.59. The molecule has 0 radical (unpaired) electrons. The van der Waals surface area contributed by atoms with E-state index >= 15 is 0 Å². The number of anilines is 1. The molecule has 0 fully saturated rings. The van der Waals surface area contributed by atoms with Crippen LogP contribution in [-0.2, 0) is 0 Å². The first-order chi connectivity index (χ1) is 16.2. The fourth-order valence-corrected chi connectivity index (χ4v) is 4.47. The normalized spacial score (nSPS) is 11.8. The van der Waals surface area contributed by atoms with Gasteiger partial charge in [0.1, 0.15) is 22.3 Å². The van der Waals surface area contributed by atoms with Gasteiger partial charge in [0.05, 0.1) is 0 Å². The second kappa shape index (κ2) is 6.64. The SMILES string of the molecule is Nc1nc(-c2ccc3oc4ccccc4c3c2)nc(-c2cccc3oc4ccccc4c23)n1. The van der Waals surface area contributed by atoms with Crippen LogP contribution >= 0.6 is 0 Å². The number of rotatable bonds is 2. The highest BCUT2D eigenvalue weighted by molar-refractivity contribution is 6.11. The third kappa shape index (κ3) is 2.71. The van der Waals surface area contributed by atoms with Crippen molar-refractivity contribution in [2.45, 2.75) is 0 Å². The Morgan fingerprint density at radius 2 is 1.21 bits per heavy atom. The van der Waals surface area contributed by atoms with Crippen molar-refractivity contribution in [1.29, 1.82) is 0 Å². The van der Waals surface area contributed by atoms with Gasteiger partial charge in [0.2, 0.25) is 5.95 Å². The molecule has 3 aromatic heterocycles. The van der Waals surface area contributed by atoms with E-state index in [0.717, 1.165) is 55.0 Å². The number of fused-ring (bicyclic) bond motifs is 6. The van der Waals surface area contributed by atoms with Gasteiger partial charge in [0.25, 0.3) is 0 Å². The minimum atomic E-state index is 0.164. The van der Waals surface area contributed by atoms with Crippen molar-refractivity contribution in [3.8, 4) is 22.8 Å². The summed E-state index contributed by atoms with van der Waals surface area (Å²) in [5.41, 5.74) is 11.1. The highest BCUT2D eigenvalue weighted by atomic mass is 16.3. The molecule has 7 aromatic rings. The Hall–Kier alpha value is -4.71. The van der Waals surface area contributed by atoms with Crippen LogP contribution in [0.2, 0.25) is 0 Å². The van der Waals surface area contributed by atoms with Crippen LogP contribution in [-0.4, -0.2) is 15.0 Å². The Bertz CT molecular complexity index is 1850. The number of hydrogen-bond acceptors (Lipinski definition) is 6. The number of nitrogen functional groups attached to an aromatic ring is 1. The number of furan rings is 2. The van der Waals surface area contributed by atoms with Gasteiger partial charge in [-0.15, -0.1) is 0 Å². The van der Waals surface area contributed by atoms with Crippen molar-refractivity contribution in [2.24, 2.45) is 0 Å². The zero-order chi connectivity index (χ0) is 21.9. The molecule has 0 aliphatic rings. The molecule has 4 aromatic carbocycles. The summed E-state index contributed by atoms with van der Waals surface area (Å²) in [7, 11) is 0. The second-order valence-corrected chi connectivity index (χ2v) is 7.93. The van der Waals surface area contributed by atoms with Gasteiger partial charge in [-0.2, -0.15) is 9.97 Å². The summed E-state index contributed by atoms with van der Waals surface area (Å²) in [4.78, 5) is 13.7. The van der Waals surface area contributed by atoms with Gasteiger partial charge < -0.3 is 14.6 Å². The highest BCUT2D eigenvalue weighted by Gasteiger charge is 2.17. The average Bonchev–Trinajstić information content (AvgIpc) is 3.41. The largest absolute Gasteiger partial charge is 0.456 e. The van der Waals surface area contributed by atoms with Crippen LogP contribution in [0.1, 0.15) is 0 Å². The monoisotopic (exact) mass is 428 g/mol. The summed E-state index contributed by atoms with van der Waals surface area (Å²) in [5.74, 6) is 1.18. The smallest absolute Gasteiger partial charge is 0.224 e. The van der Waals surface area contributed by atoms with E-state index in [1.165, 1.54) is 0 Å². The number of nitrogens with two attached hydrogens (primary N) is 1. The Morgan fingerprint density at radius 3 is 2.09 bits per heavy atom. The molecule has 0 atom stereocenters. The summed E-state index contributed by atoms with van der Waals surface area (Å²) >= 11 is 0. The van der Waals surface area contributed by atoms with Gasteiger partial charge in [-0.05, 0) is 36.4 Å². The summed E-state index contributed by atoms with van der Waals surface area (Å²) in [5, 5.41) is 4.02. The maximum atomic E-state index is 6.15. The van der Waals surface area contributed by atoms with Crippen molar-refractivity contribution in [1.82, 2.24) is 15.0 Å². The first-order valence-corrected chi connectivity index (χ1v) is 10.6. The van der Waals surface area contributed by atoms with E-state index in [1.54, 1.807) is 0 Å². The van der Waals surface area contributed by atoms with Crippen molar-refractivity contribution in [2.75, 3.05) is 5.73 Å². The van der Waals surface area contributed by atoms with Crippen molar-refractivity contribution in [3.05, 3.63) is 84.9 Å². The molecule has 6 heteroatoms. The lowest BCUT2D eigenvalue weighted by molar-refractivity contribution is 0.668. The van der Waals surface area contributed by atoms with Gasteiger partial charge in [-0.3, -0.25) is 0 Å². The van der Waals surface area contributed by atoms with Crippen LogP contribution in [0.3, 0.4) is 0 Å². The molecule has 0 saturated heterocycles. The molecule has 33 heavy (non-hydrogen) atoms. The lowest BCUT2D eigenvalue weighted by atomic mass is 10.1. The molecule has 7 rings (SSSR count). The molecule has 156 valence electrons. The zero-order valence-corrected chi connectivity index (χ0v) is 17.3. The summed E-state index contributed by atoms with van der Waals surface area (Å²) in [6, 6.07) is 27.7. The Labute approximate surface area is 187 Å². The molecule has 0 amide bonds. The van der Waals surface area contributed by atoms with E-state index in [1.807, 2.05) is 84.9 Å². The molecule has 0 bridgehead atoms. The van der Waals surface area contributed by atoms with E-state index in [4.69, 9.17) is 19.6 Å². The van der Waals surface area contributed by atoms with Gasteiger partial charge >= 0.3 is 0 Å². The molecular formula is C27H16N4O2. The average molecular weight is 428 g/mol. The van der Waals surface area contributed by atoms with Crippen LogP contribution in [0.15, 0.2) is 93.8 Å². The molecule has 6 nitrogen and oxygen atoms in total. The summed E-state index contributed by atoms with van der Waals surface area (Å²) < 4.78 is 12.0. The molecule has 0 unspecified atom stereocenters. The van der Waals surface area contributed by atoms with Crippen molar-refractivity contribution < 1.29 is 8.83 Å². The van der Waals surface area contributed by atoms with E-state index in [9.17, 15) is 0 Å². The third-order valence-electron chi connectivity index (χ3n) is 5.93. The molecular weight excluding hydrogens is 412 g/mol. The number of para-hydroxylation sites is 2. The van der Waals surface area contributed by atoms with Crippen LogP contribution in [0.4, 0.5) is 5.95 Å². The zero-order valence-electron chi connectivity index (χ0n) is 17.3. The molecule has 0 spiro atoms. The van der Waals surface area contributed by atoms with Crippen LogP contribution in [0, 0.1) is 0 Å². The quantitative estimate of drug-likeness (QED) is 0.334. The lowest BCUT2D eigenvalue weighted by Crippen LogP contribution is -2.02. The van der Waals surface area contributed by atoms with E-state index in [2.05, 4.69) is 9.97 Å². The molecule has 0 saturated carbocycles. The van der Waals surface area contributed by atoms with E-state index < -0.39 is 0 Å². The molecule has 0 aliphatic carbocycles. The van der Waals surface area contributed by atoms with Crippen LogP contribution < -0.4 is 5.73 Å². The molecule has 2 N–H and O–H groups in total. The predicted molar refractivity (Wildman–Crippen MR) is 130 cm³/mol. The summed E-state index contributed by atoms with van der Waals surface area (Å²) in [6.45, 7) is 0. The minimum absolute atomic E-state index is 0.164. The van der Waals surface area contributed by atoms with E-state index in [0.29, 0.717) is 11.6 Å². The Morgan fingerprint density at radius 1 is 0.545 bits per heavy atom. The Kier molecular flexibility index (Phi) is 3.61. The number of nitrogens with zero attached hydrogens (tertiary/aromatic N) is 3. The first kappa shape index (κ1) is 17.9. The van der Waals surface area contributed by atoms with E-state index in [-0.39, 0.29) is 5.95 Å². The van der Waals surface area contributed by atoms with Crippen molar-refractivity contribution >= 4 is 49.8 Å². The second-order valence-electron chi connectivity index (χ2n) is 7.93. The standard InChI is InChI=1S/C27H16N4O2/c28-27-30-25(15-12-13-22-19(14-15)16-6-1-3-9-20(16)32-22)29-26(31-27)18-8-5-11-23-24(18)17-7-2-4-10-21(17)33-23/h1-14H,(H2,28,29,30,31). The topological polar surface area (TPSA) is 91.0 Å². The number of aromatic nitrogens is 3. The van der Waals surface area contributed by atoms with Crippen LogP contribution in [0.5, 0.6) is 0 Å². The highest BCUT2D eigenvalue weighted by Crippen LogP contribution is 2.36. The van der Waals surface area contributed by atoms with Crippen molar-refractivity contribution in [3.63, 3.8) is 0 Å². The Balaban J connectivity index is 1.45. The van der Waals surface area contributed by atoms with Gasteiger partial charge in [0, 0.05) is 32.7 Å². The number of benzene rings is 4. The minimum Gasteiger partial charge on any atom is -0.456 e. The van der Waals surface area contributed by atoms with Gasteiger partial charge in [-0.25, -0.2) is 4.98 Å². The first-order valence-electron chi connectivity index (χ1n) is 10.6. The van der Waals surface area contributed by atoms with Crippen LogP contribution in [0.25, 0.3) is 66.7 Å². The van der Waals surface area contributed by atoms with Gasteiger partial charge in [0.15, 0.2) is 11.6 Å². The maximum Gasteiger partial charge on any atom is 0.224 e. The maximum absolute atomic E-state index is 6.15. The fraction of sp³-hybridized carbons (Fsp3) is 0. The lowest BCUT2D eigenvalue weighted by Gasteiger charge is -2.07. The third-order valence-corrected chi connectivity index (χ3v) is 5.93.